The predicted molar refractivity (Wildman–Crippen MR) is 149 cm³/mol. The van der Waals surface area contributed by atoms with Crippen LogP contribution in [0.25, 0.3) is 16.7 Å². The van der Waals surface area contributed by atoms with E-state index in [-0.39, 0.29) is 0 Å². The third-order valence-corrected chi connectivity index (χ3v) is 5.12. The number of hydrogen-bond donors (Lipinski definition) is 0. The Morgan fingerprint density at radius 2 is 1.41 bits per heavy atom. The molecule has 4 heteroatoms. The first-order valence-electron chi connectivity index (χ1n) is 11.5. The van der Waals surface area contributed by atoms with Crippen molar-refractivity contribution in [3.8, 4) is 34.5 Å². The van der Waals surface area contributed by atoms with Crippen LogP contribution in [0.1, 0.15) is 23.6 Å². The molecule has 3 aromatic carbocycles. The summed E-state index contributed by atoms with van der Waals surface area (Å²) in [4.78, 5) is 23.4. The van der Waals surface area contributed by atoms with E-state index >= 15 is 0 Å². The Kier molecular flexibility index (Phi) is 9.36. The van der Waals surface area contributed by atoms with Crippen LogP contribution < -0.4 is 9.47 Å². The molecule has 0 aromatic heterocycles. The molecule has 0 radical (unpaired) electrons. The maximum atomic E-state index is 12.0. The number of benzene rings is 3. The number of carbonyl (C=O) groups is 2. The molecule has 0 N–H and O–H groups in total. The first kappa shape index (κ1) is 26.5. The topological polar surface area (TPSA) is 52.6 Å². The van der Waals surface area contributed by atoms with Crippen LogP contribution in [0.15, 0.2) is 123 Å². The second-order valence-corrected chi connectivity index (χ2v) is 7.67. The smallest absolute Gasteiger partial charge is 0.335 e. The van der Waals surface area contributed by atoms with Gasteiger partial charge in [0.15, 0.2) is 0 Å². The molecule has 0 aliphatic heterocycles. The van der Waals surface area contributed by atoms with Gasteiger partial charge in [-0.2, -0.15) is 0 Å². The summed E-state index contributed by atoms with van der Waals surface area (Å²) in [5.74, 6) is 5.88. The van der Waals surface area contributed by atoms with Crippen molar-refractivity contribution in [3.05, 3.63) is 140 Å². The van der Waals surface area contributed by atoms with Gasteiger partial charge in [-0.05, 0) is 66.1 Å². The highest BCUT2D eigenvalue weighted by Gasteiger charge is 2.11. The zero-order valence-electron chi connectivity index (χ0n) is 20.6. The fourth-order valence-electron chi connectivity index (χ4n) is 3.38. The highest BCUT2D eigenvalue weighted by molar-refractivity contribution is 5.86. The molecule has 0 heterocycles. The molecule has 37 heavy (non-hydrogen) atoms. The van der Waals surface area contributed by atoms with Crippen LogP contribution in [0.2, 0.25) is 0 Å². The summed E-state index contributed by atoms with van der Waals surface area (Å²) in [7, 11) is 0. The zero-order valence-corrected chi connectivity index (χ0v) is 20.6. The highest BCUT2D eigenvalue weighted by Crippen LogP contribution is 2.32. The van der Waals surface area contributed by atoms with Gasteiger partial charge in [-0.15, -0.1) is 0 Å². The molecule has 4 nitrogen and oxygen atoms in total. The number of ether oxygens (including phenoxy) is 2. The van der Waals surface area contributed by atoms with E-state index in [9.17, 15) is 9.59 Å². The summed E-state index contributed by atoms with van der Waals surface area (Å²) in [5.41, 5.74) is 5.10. The number of rotatable bonds is 8. The largest absolute Gasteiger partial charge is 0.423 e. The van der Waals surface area contributed by atoms with E-state index in [4.69, 9.17) is 9.47 Å². The van der Waals surface area contributed by atoms with E-state index in [1.165, 1.54) is 0 Å². The normalized spacial score (nSPS) is 10.7. The van der Waals surface area contributed by atoms with E-state index in [0.717, 1.165) is 34.4 Å². The molecule has 0 aliphatic rings. The van der Waals surface area contributed by atoms with E-state index in [0.29, 0.717) is 22.6 Å². The van der Waals surface area contributed by atoms with Gasteiger partial charge in [-0.25, -0.2) is 9.59 Å². The molecule has 0 saturated carbocycles. The zero-order chi connectivity index (χ0) is 26.6. The molecule has 3 rings (SSSR count). The van der Waals surface area contributed by atoms with Gasteiger partial charge in [0.05, 0.1) is 0 Å². The third-order valence-electron chi connectivity index (χ3n) is 5.12. The van der Waals surface area contributed by atoms with Crippen LogP contribution >= 0.6 is 0 Å². The molecular weight excluding hydrogens is 460 g/mol. The first-order valence-corrected chi connectivity index (χ1v) is 11.5. The third kappa shape index (κ3) is 7.42. The molecule has 0 amide bonds. The van der Waals surface area contributed by atoms with Crippen LogP contribution in [0.5, 0.6) is 11.5 Å². The summed E-state index contributed by atoms with van der Waals surface area (Å²) in [6.07, 6.45) is 9.91. The van der Waals surface area contributed by atoms with Crippen LogP contribution in [0.4, 0.5) is 0 Å². The lowest BCUT2D eigenvalue weighted by Gasteiger charge is -2.11. The molecule has 182 valence electrons. The molecule has 3 aromatic rings. The molecule has 0 unspecified atom stereocenters. The molecule has 0 saturated heterocycles. The Labute approximate surface area is 217 Å². The van der Waals surface area contributed by atoms with Gasteiger partial charge in [-0.1, -0.05) is 80.1 Å². The summed E-state index contributed by atoms with van der Waals surface area (Å²) in [6.45, 7) is 12.6. The minimum Gasteiger partial charge on any atom is -0.423 e. The number of hydrogen-bond acceptors (Lipinski definition) is 4. The van der Waals surface area contributed by atoms with Crippen molar-refractivity contribution >= 4 is 17.5 Å². The molecule has 0 atom stereocenters. The molecule has 0 bridgehead atoms. The summed E-state index contributed by atoms with van der Waals surface area (Å²) < 4.78 is 10.6. The van der Waals surface area contributed by atoms with Gasteiger partial charge in [0.1, 0.15) is 11.5 Å². The van der Waals surface area contributed by atoms with E-state index in [1.807, 2.05) is 61.5 Å². The monoisotopic (exact) mass is 486 g/mol. The van der Waals surface area contributed by atoms with Gasteiger partial charge in [0.2, 0.25) is 0 Å². The molecule has 0 fully saturated rings. The summed E-state index contributed by atoms with van der Waals surface area (Å²) >= 11 is 0. The minimum atomic E-state index is -0.581. The highest BCUT2D eigenvalue weighted by atomic mass is 16.5. The summed E-state index contributed by atoms with van der Waals surface area (Å²) in [6, 6.07) is 20.2. The summed E-state index contributed by atoms with van der Waals surface area (Å²) in [5, 5.41) is 0. The lowest BCUT2D eigenvalue weighted by Crippen LogP contribution is -2.05. The lowest BCUT2D eigenvalue weighted by atomic mass is 10.0. The second-order valence-electron chi connectivity index (χ2n) is 7.67. The Morgan fingerprint density at radius 1 is 0.784 bits per heavy atom. The standard InChI is InChI=1S/C33H26O4/c1-5-9-26(10-6-2)27-16-13-24(14-17-27)11-12-25-15-22-30(31(23-25)37-33(35)8-4)28-18-20-29(21-19-28)36-32(34)7-3/h5-10,13-23H,1,3-4H2,2H3/b10-6-,26-9+. The van der Waals surface area contributed by atoms with Crippen molar-refractivity contribution < 1.29 is 19.1 Å². The van der Waals surface area contributed by atoms with Crippen molar-refractivity contribution in [3.63, 3.8) is 0 Å². The quantitative estimate of drug-likeness (QED) is 0.112. The van der Waals surface area contributed by atoms with Gasteiger partial charge in [-0.3, -0.25) is 0 Å². The fraction of sp³-hybridized carbons (Fsp3) is 0.0303. The average Bonchev–Trinajstić information content (AvgIpc) is 2.92. The van der Waals surface area contributed by atoms with E-state index < -0.39 is 11.9 Å². The number of allylic oxidation sites excluding steroid dienone is 5. The van der Waals surface area contributed by atoms with Crippen molar-refractivity contribution in [1.82, 2.24) is 0 Å². The predicted octanol–water partition coefficient (Wildman–Crippen LogP) is 7.08. The van der Waals surface area contributed by atoms with Gasteiger partial charge in [0, 0.05) is 28.8 Å². The van der Waals surface area contributed by atoms with Crippen molar-refractivity contribution in [2.24, 2.45) is 0 Å². The van der Waals surface area contributed by atoms with Crippen molar-refractivity contribution in [2.45, 2.75) is 6.92 Å². The SMILES string of the molecule is C=C/C=C(\C=C/C)c1ccc(C#Cc2ccc(-c3ccc(OC(=O)C=C)cc3)c(OC(=O)C=C)c2)cc1. The first-order chi connectivity index (χ1) is 18.0. The van der Waals surface area contributed by atoms with Crippen LogP contribution in [-0.4, -0.2) is 11.9 Å². The Balaban J connectivity index is 1.90. The maximum Gasteiger partial charge on any atom is 0.335 e. The van der Waals surface area contributed by atoms with E-state index in [1.54, 1.807) is 36.4 Å². The Bertz CT molecular complexity index is 1440. The second kappa shape index (κ2) is 13.1. The van der Waals surface area contributed by atoms with Gasteiger partial charge < -0.3 is 9.47 Å². The van der Waals surface area contributed by atoms with Gasteiger partial charge >= 0.3 is 11.9 Å². The molecule has 0 spiro atoms. The van der Waals surface area contributed by atoms with Crippen molar-refractivity contribution in [1.29, 1.82) is 0 Å². The molecule has 0 aliphatic carbocycles. The molecular formula is C33H26O4. The van der Waals surface area contributed by atoms with Crippen LogP contribution in [-0.2, 0) is 9.59 Å². The Morgan fingerprint density at radius 3 is 2.03 bits per heavy atom. The van der Waals surface area contributed by atoms with Crippen LogP contribution in [0.3, 0.4) is 0 Å². The lowest BCUT2D eigenvalue weighted by molar-refractivity contribution is -0.129. The van der Waals surface area contributed by atoms with Crippen LogP contribution in [0, 0.1) is 11.8 Å². The Hall–Kier alpha value is -5.14. The fourth-order valence-corrected chi connectivity index (χ4v) is 3.38. The van der Waals surface area contributed by atoms with Gasteiger partial charge in [0.25, 0.3) is 0 Å². The maximum absolute atomic E-state index is 12.0. The number of carbonyl (C=O) groups excluding carboxylic acids is 2. The minimum absolute atomic E-state index is 0.341. The average molecular weight is 487 g/mol. The van der Waals surface area contributed by atoms with E-state index in [2.05, 4.69) is 31.6 Å². The van der Waals surface area contributed by atoms with Crippen molar-refractivity contribution in [2.75, 3.05) is 0 Å². The number of esters is 2.